The number of nitrogens with zero attached hydrogens (tertiary/aromatic N) is 1. The molecule has 0 atom stereocenters. The molecule has 4 heteroatoms. The van der Waals surface area contributed by atoms with Gasteiger partial charge in [0.15, 0.2) is 0 Å². The van der Waals surface area contributed by atoms with E-state index in [2.05, 4.69) is 0 Å². The maximum absolute atomic E-state index is 12.6. The van der Waals surface area contributed by atoms with Gasteiger partial charge in [-0.25, -0.2) is 0 Å². The first-order valence-electron chi connectivity index (χ1n) is 7.09. The Morgan fingerprint density at radius 1 is 1.14 bits per heavy atom. The van der Waals surface area contributed by atoms with Crippen LogP contribution in [0.15, 0.2) is 60.4 Å². The van der Waals surface area contributed by atoms with Crippen LogP contribution in [0.2, 0.25) is 0 Å². The molecular weight excluding hydrogens is 278 g/mol. The lowest BCUT2D eigenvalue weighted by molar-refractivity contribution is -0.124. The van der Waals surface area contributed by atoms with Crippen LogP contribution in [-0.4, -0.2) is 29.6 Å². The van der Waals surface area contributed by atoms with E-state index in [0.29, 0.717) is 23.4 Å². The highest BCUT2D eigenvalue weighted by molar-refractivity contribution is 6.22. The average Bonchev–Trinajstić information content (AvgIpc) is 2.82. The van der Waals surface area contributed by atoms with Gasteiger partial charge in [0.1, 0.15) is 11.5 Å². The first-order chi connectivity index (χ1) is 10.7. The third-order valence-electron chi connectivity index (χ3n) is 3.70. The molecule has 2 aromatic rings. The van der Waals surface area contributed by atoms with Gasteiger partial charge in [-0.1, -0.05) is 42.5 Å². The predicted octanol–water partition coefficient (Wildman–Crippen LogP) is 3.01. The molecule has 0 saturated carbocycles. The quantitative estimate of drug-likeness (QED) is 0.943. The third-order valence-corrected chi connectivity index (χ3v) is 3.70. The highest BCUT2D eigenvalue weighted by Gasteiger charge is 2.31. The van der Waals surface area contributed by atoms with Gasteiger partial charge in [-0.15, -0.1) is 0 Å². The van der Waals surface area contributed by atoms with Crippen LogP contribution in [0.1, 0.15) is 11.1 Å². The van der Waals surface area contributed by atoms with E-state index in [-0.39, 0.29) is 18.2 Å². The summed E-state index contributed by atoms with van der Waals surface area (Å²) in [4.78, 5) is 14.2. The molecule has 0 spiro atoms. The minimum absolute atomic E-state index is 0.106. The topological polar surface area (TPSA) is 49.8 Å². The van der Waals surface area contributed by atoms with E-state index in [9.17, 15) is 9.90 Å². The van der Waals surface area contributed by atoms with E-state index in [1.165, 1.54) is 0 Å². The molecule has 0 radical (unpaired) electrons. The first-order valence-corrected chi connectivity index (χ1v) is 7.09. The smallest absolute Gasteiger partial charge is 0.258 e. The normalized spacial score (nSPS) is 14.6. The second-order valence-corrected chi connectivity index (χ2v) is 5.20. The van der Waals surface area contributed by atoms with Gasteiger partial charge < -0.3 is 14.7 Å². The summed E-state index contributed by atoms with van der Waals surface area (Å²) in [6.07, 6.45) is 0. The fourth-order valence-corrected chi connectivity index (χ4v) is 2.61. The summed E-state index contributed by atoms with van der Waals surface area (Å²) in [6, 6.07) is 16.9. The first kappa shape index (κ1) is 14.2. The second-order valence-electron chi connectivity index (χ2n) is 5.20. The summed E-state index contributed by atoms with van der Waals surface area (Å²) in [6.45, 7) is 0.720. The minimum atomic E-state index is -0.158. The zero-order chi connectivity index (χ0) is 15.5. The van der Waals surface area contributed by atoms with E-state index in [0.717, 1.165) is 5.56 Å². The second kappa shape index (κ2) is 5.93. The molecule has 1 aliphatic rings. The van der Waals surface area contributed by atoms with Crippen LogP contribution in [0, 0.1) is 0 Å². The number of benzene rings is 2. The number of ether oxygens (including phenoxy) is 1. The molecule has 1 amide bonds. The minimum Gasteiger partial charge on any atom is -0.510 e. The van der Waals surface area contributed by atoms with Gasteiger partial charge in [-0.05, 0) is 23.3 Å². The molecule has 1 N–H and O–H groups in total. The molecule has 0 bridgehead atoms. The van der Waals surface area contributed by atoms with Crippen LogP contribution in [-0.2, 0) is 11.3 Å². The molecule has 112 valence electrons. The van der Waals surface area contributed by atoms with Crippen molar-refractivity contribution in [2.24, 2.45) is 0 Å². The van der Waals surface area contributed by atoms with Crippen LogP contribution in [0.4, 0.5) is 0 Å². The van der Waals surface area contributed by atoms with Crippen molar-refractivity contribution in [1.29, 1.82) is 0 Å². The van der Waals surface area contributed by atoms with E-state index < -0.39 is 0 Å². The van der Waals surface area contributed by atoms with Crippen molar-refractivity contribution in [2.45, 2.75) is 6.54 Å². The average molecular weight is 295 g/mol. The maximum atomic E-state index is 12.6. The standard InChI is InChI=1S/C18H17NO3/c1-22-15-9-5-8-14(10-15)17-16(20)12-19(18(17)21)11-13-6-3-2-4-7-13/h2-10,20H,11-12H2,1H3. The molecule has 2 aromatic carbocycles. The molecule has 1 heterocycles. The van der Waals surface area contributed by atoms with E-state index >= 15 is 0 Å². The Morgan fingerprint density at radius 3 is 2.64 bits per heavy atom. The van der Waals surface area contributed by atoms with Crippen molar-refractivity contribution in [3.8, 4) is 5.75 Å². The molecule has 1 aliphatic heterocycles. The number of methoxy groups -OCH3 is 1. The van der Waals surface area contributed by atoms with Crippen LogP contribution in [0.25, 0.3) is 5.57 Å². The molecule has 4 nitrogen and oxygen atoms in total. The summed E-state index contributed by atoms with van der Waals surface area (Å²) in [7, 11) is 1.57. The number of carbonyl (C=O) groups is 1. The highest BCUT2D eigenvalue weighted by Crippen LogP contribution is 2.29. The highest BCUT2D eigenvalue weighted by atomic mass is 16.5. The Labute approximate surface area is 129 Å². The molecule has 0 aliphatic carbocycles. The fourth-order valence-electron chi connectivity index (χ4n) is 2.61. The van der Waals surface area contributed by atoms with Crippen LogP contribution >= 0.6 is 0 Å². The summed E-state index contributed by atoms with van der Waals surface area (Å²) < 4.78 is 5.18. The van der Waals surface area contributed by atoms with Crippen LogP contribution in [0.3, 0.4) is 0 Å². The number of aliphatic hydroxyl groups is 1. The van der Waals surface area contributed by atoms with Gasteiger partial charge >= 0.3 is 0 Å². The SMILES string of the molecule is COc1cccc(C2=C(O)CN(Cc3ccccc3)C2=O)c1. The lowest BCUT2D eigenvalue weighted by atomic mass is 10.1. The number of amides is 1. The third kappa shape index (κ3) is 2.68. The number of hydrogen-bond donors (Lipinski definition) is 1. The lowest BCUT2D eigenvalue weighted by Gasteiger charge is -2.16. The summed E-state index contributed by atoms with van der Waals surface area (Å²) in [5, 5.41) is 10.2. The summed E-state index contributed by atoms with van der Waals surface area (Å²) >= 11 is 0. The van der Waals surface area contributed by atoms with Crippen LogP contribution < -0.4 is 4.74 Å². The Kier molecular flexibility index (Phi) is 3.83. The van der Waals surface area contributed by atoms with Crippen molar-refractivity contribution in [3.63, 3.8) is 0 Å². The molecule has 0 aromatic heterocycles. The van der Waals surface area contributed by atoms with Gasteiger partial charge in [-0.3, -0.25) is 4.79 Å². The predicted molar refractivity (Wildman–Crippen MR) is 84.4 cm³/mol. The van der Waals surface area contributed by atoms with Crippen molar-refractivity contribution in [1.82, 2.24) is 4.90 Å². The number of carbonyl (C=O) groups excluding carboxylic acids is 1. The number of rotatable bonds is 4. The van der Waals surface area contributed by atoms with E-state index in [1.54, 1.807) is 24.1 Å². The molecule has 22 heavy (non-hydrogen) atoms. The molecule has 3 rings (SSSR count). The number of aliphatic hydroxyl groups excluding tert-OH is 1. The van der Waals surface area contributed by atoms with Gasteiger partial charge in [0.2, 0.25) is 0 Å². The zero-order valence-electron chi connectivity index (χ0n) is 12.3. The summed E-state index contributed by atoms with van der Waals surface area (Å²) in [5.74, 6) is 0.607. The van der Waals surface area contributed by atoms with Crippen LogP contribution in [0.5, 0.6) is 5.75 Å². The van der Waals surface area contributed by atoms with Crippen molar-refractivity contribution in [2.75, 3.05) is 13.7 Å². The Balaban J connectivity index is 1.84. The maximum Gasteiger partial charge on any atom is 0.258 e. The number of hydrogen-bond acceptors (Lipinski definition) is 3. The van der Waals surface area contributed by atoms with Gasteiger partial charge in [0, 0.05) is 6.54 Å². The molecular formula is C18H17NO3. The Bertz CT molecular complexity index is 722. The molecule has 0 fully saturated rings. The summed E-state index contributed by atoms with van der Waals surface area (Å²) in [5.41, 5.74) is 2.07. The van der Waals surface area contributed by atoms with Gasteiger partial charge in [0.05, 0.1) is 19.2 Å². The Morgan fingerprint density at radius 2 is 1.91 bits per heavy atom. The lowest BCUT2D eigenvalue weighted by Crippen LogP contribution is -2.26. The molecule has 0 unspecified atom stereocenters. The van der Waals surface area contributed by atoms with Crippen molar-refractivity contribution >= 4 is 11.5 Å². The largest absolute Gasteiger partial charge is 0.510 e. The van der Waals surface area contributed by atoms with E-state index in [4.69, 9.17) is 4.74 Å². The van der Waals surface area contributed by atoms with Gasteiger partial charge in [0.25, 0.3) is 5.91 Å². The fraction of sp³-hybridized carbons (Fsp3) is 0.167. The Hall–Kier alpha value is -2.75. The van der Waals surface area contributed by atoms with Crippen molar-refractivity contribution in [3.05, 3.63) is 71.5 Å². The molecule has 0 saturated heterocycles. The zero-order valence-corrected chi connectivity index (χ0v) is 12.3. The monoisotopic (exact) mass is 295 g/mol. The van der Waals surface area contributed by atoms with E-state index in [1.807, 2.05) is 42.5 Å². The van der Waals surface area contributed by atoms with Gasteiger partial charge in [-0.2, -0.15) is 0 Å². The van der Waals surface area contributed by atoms with Crippen molar-refractivity contribution < 1.29 is 14.6 Å².